The van der Waals surface area contributed by atoms with Gasteiger partial charge in [0.15, 0.2) is 0 Å². The molecule has 100 valence electrons. The van der Waals surface area contributed by atoms with Crippen LogP contribution >= 0.6 is 11.3 Å². The average molecular weight is 275 g/mol. The lowest BCUT2D eigenvalue weighted by molar-refractivity contribution is 0.0955. The molecule has 0 saturated carbocycles. The highest BCUT2D eigenvalue weighted by Gasteiger charge is 2.08. The molecule has 0 saturated heterocycles. The normalized spacial score (nSPS) is 10.2. The molecule has 4 heteroatoms. The molecule has 1 heterocycles. The van der Waals surface area contributed by atoms with E-state index in [4.69, 9.17) is 4.74 Å². The number of thiophene rings is 1. The van der Waals surface area contributed by atoms with Crippen LogP contribution < -0.4 is 10.1 Å². The molecular formula is C15H17NO2S. The standard InChI is InChI=1S/C15H17NO2S/c1-12-8-11-19-14(12)15(17)16-9-5-10-18-13-6-3-2-4-7-13/h2-4,6-8,11H,5,9-10H2,1H3,(H,16,17). The summed E-state index contributed by atoms with van der Waals surface area (Å²) in [6, 6.07) is 11.6. The van der Waals surface area contributed by atoms with E-state index >= 15 is 0 Å². The summed E-state index contributed by atoms with van der Waals surface area (Å²) < 4.78 is 5.55. The zero-order chi connectivity index (χ0) is 13.5. The lowest BCUT2D eigenvalue weighted by Gasteiger charge is -2.07. The number of amides is 1. The quantitative estimate of drug-likeness (QED) is 0.822. The molecule has 0 atom stereocenters. The van der Waals surface area contributed by atoms with Gasteiger partial charge in [0.1, 0.15) is 5.75 Å². The van der Waals surface area contributed by atoms with Crippen LogP contribution in [0.25, 0.3) is 0 Å². The zero-order valence-corrected chi connectivity index (χ0v) is 11.7. The van der Waals surface area contributed by atoms with E-state index in [-0.39, 0.29) is 5.91 Å². The molecule has 2 rings (SSSR count). The van der Waals surface area contributed by atoms with E-state index in [0.717, 1.165) is 22.6 Å². The van der Waals surface area contributed by atoms with Crippen molar-refractivity contribution in [3.05, 3.63) is 52.2 Å². The molecule has 1 aromatic carbocycles. The smallest absolute Gasteiger partial charge is 0.261 e. The highest BCUT2D eigenvalue weighted by atomic mass is 32.1. The molecule has 0 aliphatic rings. The Labute approximate surface area is 117 Å². The predicted octanol–water partition coefficient (Wildman–Crippen LogP) is 3.26. The molecule has 1 aromatic heterocycles. The third-order valence-corrected chi connectivity index (χ3v) is 3.70. The van der Waals surface area contributed by atoms with Gasteiger partial charge >= 0.3 is 0 Å². The van der Waals surface area contributed by atoms with Gasteiger partial charge in [0, 0.05) is 6.54 Å². The van der Waals surface area contributed by atoms with Crippen LogP contribution in [0.4, 0.5) is 0 Å². The van der Waals surface area contributed by atoms with E-state index in [1.807, 2.05) is 48.7 Å². The van der Waals surface area contributed by atoms with Gasteiger partial charge in [-0.1, -0.05) is 18.2 Å². The Bertz CT molecular complexity index is 522. The third kappa shape index (κ3) is 4.10. The van der Waals surface area contributed by atoms with Gasteiger partial charge in [0.05, 0.1) is 11.5 Å². The summed E-state index contributed by atoms with van der Waals surface area (Å²) in [5.74, 6) is 0.870. The van der Waals surface area contributed by atoms with E-state index in [9.17, 15) is 4.79 Å². The molecule has 2 aromatic rings. The lowest BCUT2D eigenvalue weighted by Crippen LogP contribution is -2.25. The SMILES string of the molecule is Cc1ccsc1C(=O)NCCCOc1ccccc1. The van der Waals surface area contributed by atoms with Crippen molar-refractivity contribution in [1.82, 2.24) is 5.32 Å². The lowest BCUT2D eigenvalue weighted by atomic mass is 10.3. The number of carbonyl (C=O) groups is 1. The first-order valence-electron chi connectivity index (χ1n) is 6.27. The molecule has 0 fully saturated rings. The number of aryl methyl sites for hydroxylation is 1. The molecule has 0 aliphatic carbocycles. The summed E-state index contributed by atoms with van der Waals surface area (Å²) in [5.41, 5.74) is 1.03. The fourth-order valence-electron chi connectivity index (χ4n) is 1.67. The molecule has 19 heavy (non-hydrogen) atoms. The summed E-state index contributed by atoms with van der Waals surface area (Å²) in [6.45, 7) is 3.18. The van der Waals surface area contributed by atoms with Gasteiger partial charge in [-0.2, -0.15) is 0 Å². The predicted molar refractivity (Wildman–Crippen MR) is 77.9 cm³/mol. The molecule has 1 N–H and O–H groups in total. The second-order valence-corrected chi connectivity index (χ2v) is 5.12. The Balaban J connectivity index is 1.65. The maximum absolute atomic E-state index is 11.8. The maximum atomic E-state index is 11.8. The van der Waals surface area contributed by atoms with Crippen LogP contribution in [0.1, 0.15) is 21.7 Å². The van der Waals surface area contributed by atoms with Crippen molar-refractivity contribution in [2.45, 2.75) is 13.3 Å². The molecule has 1 amide bonds. The van der Waals surface area contributed by atoms with E-state index < -0.39 is 0 Å². The number of hydrogen-bond donors (Lipinski definition) is 1. The summed E-state index contributed by atoms with van der Waals surface area (Å²) in [5, 5.41) is 4.84. The van der Waals surface area contributed by atoms with Crippen molar-refractivity contribution in [2.75, 3.05) is 13.2 Å². The van der Waals surface area contributed by atoms with Crippen molar-refractivity contribution in [2.24, 2.45) is 0 Å². The van der Waals surface area contributed by atoms with Crippen LogP contribution in [-0.2, 0) is 0 Å². The first kappa shape index (κ1) is 13.6. The number of hydrogen-bond acceptors (Lipinski definition) is 3. The monoisotopic (exact) mass is 275 g/mol. The number of nitrogens with one attached hydrogen (secondary N) is 1. The van der Waals surface area contributed by atoms with Crippen molar-refractivity contribution in [3.63, 3.8) is 0 Å². The number of ether oxygens (including phenoxy) is 1. The Kier molecular flexibility index (Phi) is 4.98. The van der Waals surface area contributed by atoms with Crippen LogP contribution in [0.15, 0.2) is 41.8 Å². The maximum Gasteiger partial charge on any atom is 0.261 e. The van der Waals surface area contributed by atoms with Gasteiger partial charge in [-0.3, -0.25) is 4.79 Å². The molecule has 0 aliphatic heterocycles. The Morgan fingerprint density at radius 1 is 1.26 bits per heavy atom. The number of carbonyl (C=O) groups excluding carboxylic acids is 1. The Morgan fingerprint density at radius 2 is 2.05 bits per heavy atom. The first-order valence-corrected chi connectivity index (χ1v) is 7.15. The molecule has 0 spiro atoms. The number of benzene rings is 1. The van der Waals surface area contributed by atoms with Crippen LogP contribution in [0.5, 0.6) is 5.75 Å². The van der Waals surface area contributed by atoms with Crippen molar-refractivity contribution in [1.29, 1.82) is 0 Å². The Hall–Kier alpha value is -1.81. The number of para-hydroxylation sites is 1. The van der Waals surface area contributed by atoms with Gasteiger partial charge in [0.2, 0.25) is 0 Å². The van der Waals surface area contributed by atoms with Gasteiger partial charge in [-0.25, -0.2) is 0 Å². The number of rotatable bonds is 6. The van der Waals surface area contributed by atoms with E-state index in [0.29, 0.717) is 13.2 Å². The fraction of sp³-hybridized carbons (Fsp3) is 0.267. The van der Waals surface area contributed by atoms with E-state index in [2.05, 4.69) is 5.32 Å². The minimum atomic E-state index is 0.00668. The zero-order valence-electron chi connectivity index (χ0n) is 10.9. The Morgan fingerprint density at radius 3 is 2.74 bits per heavy atom. The minimum absolute atomic E-state index is 0.00668. The third-order valence-electron chi connectivity index (χ3n) is 2.69. The van der Waals surface area contributed by atoms with Crippen molar-refractivity contribution in [3.8, 4) is 5.75 Å². The van der Waals surface area contributed by atoms with Gasteiger partial charge in [-0.15, -0.1) is 11.3 Å². The fourth-order valence-corrected chi connectivity index (χ4v) is 2.51. The van der Waals surface area contributed by atoms with Crippen LogP contribution in [-0.4, -0.2) is 19.1 Å². The van der Waals surface area contributed by atoms with Gasteiger partial charge < -0.3 is 10.1 Å². The molecule has 0 radical (unpaired) electrons. The summed E-state index contributed by atoms with van der Waals surface area (Å²) in [4.78, 5) is 12.6. The minimum Gasteiger partial charge on any atom is -0.494 e. The second kappa shape index (κ2) is 6.95. The molecule has 3 nitrogen and oxygen atoms in total. The van der Waals surface area contributed by atoms with Crippen molar-refractivity contribution >= 4 is 17.2 Å². The van der Waals surface area contributed by atoms with Crippen LogP contribution in [0, 0.1) is 6.92 Å². The second-order valence-electron chi connectivity index (χ2n) is 4.20. The van der Waals surface area contributed by atoms with E-state index in [1.54, 1.807) is 0 Å². The average Bonchev–Trinajstić information content (AvgIpc) is 2.86. The van der Waals surface area contributed by atoms with E-state index in [1.165, 1.54) is 11.3 Å². The van der Waals surface area contributed by atoms with Crippen LogP contribution in [0.2, 0.25) is 0 Å². The molecular weight excluding hydrogens is 258 g/mol. The highest BCUT2D eigenvalue weighted by Crippen LogP contribution is 2.14. The molecule has 0 bridgehead atoms. The largest absolute Gasteiger partial charge is 0.494 e. The summed E-state index contributed by atoms with van der Waals surface area (Å²) >= 11 is 1.48. The summed E-state index contributed by atoms with van der Waals surface area (Å²) in [7, 11) is 0. The summed E-state index contributed by atoms with van der Waals surface area (Å²) in [6.07, 6.45) is 0.797. The van der Waals surface area contributed by atoms with Crippen molar-refractivity contribution < 1.29 is 9.53 Å². The highest BCUT2D eigenvalue weighted by molar-refractivity contribution is 7.12. The van der Waals surface area contributed by atoms with Crippen LogP contribution in [0.3, 0.4) is 0 Å². The first-order chi connectivity index (χ1) is 9.27. The van der Waals surface area contributed by atoms with Gasteiger partial charge in [0.25, 0.3) is 5.91 Å². The van der Waals surface area contributed by atoms with Gasteiger partial charge in [-0.05, 0) is 42.5 Å². The topological polar surface area (TPSA) is 38.3 Å². The molecule has 0 unspecified atom stereocenters.